The highest BCUT2D eigenvalue weighted by molar-refractivity contribution is 6.30. The summed E-state index contributed by atoms with van der Waals surface area (Å²) in [6.45, 7) is 2.06. The van der Waals surface area contributed by atoms with Gasteiger partial charge in [-0.25, -0.2) is 4.98 Å². The third kappa shape index (κ3) is 2.82. The first-order valence-electron chi connectivity index (χ1n) is 5.86. The summed E-state index contributed by atoms with van der Waals surface area (Å²) < 4.78 is 5.19. The largest absolute Gasteiger partial charge is 0.493 e. The molecule has 0 aliphatic carbocycles. The fourth-order valence-electron chi connectivity index (χ4n) is 2.18. The molecule has 94 valence electrons. The van der Waals surface area contributed by atoms with Crippen molar-refractivity contribution in [2.24, 2.45) is 0 Å². The molecule has 1 aliphatic heterocycles. The van der Waals surface area contributed by atoms with Crippen LogP contribution in [0.2, 0.25) is 5.15 Å². The second-order valence-corrected chi connectivity index (χ2v) is 4.62. The van der Waals surface area contributed by atoms with E-state index in [-0.39, 0.29) is 0 Å². The number of nitrogens with zero attached hydrogens (tertiary/aromatic N) is 2. The maximum Gasteiger partial charge on any atom is 0.171 e. The van der Waals surface area contributed by atoms with Crippen LogP contribution in [0.25, 0.3) is 0 Å². The Morgan fingerprint density at radius 3 is 3.12 bits per heavy atom. The minimum absolute atomic E-state index is 0.415. The number of ether oxygens (including phenoxy) is 1. The molecular weight excluding hydrogens is 238 g/mol. The normalized spacial score (nSPS) is 20.4. The number of anilines is 1. The number of methoxy groups -OCH3 is 1. The lowest BCUT2D eigenvalue weighted by atomic mass is 10.1. The van der Waals surface area contributed by atoms with Gasteiger partial charge in [-0.1, -0.05) is 11.6 Å². The molecule has 0 aromatic carbocycles. The van der Waals surface area contributed by atoms with Crippen molar-refractivity contribution in [2.75, 3.05) is 32.1 Å². The highest BCUT2D eigenvalue weighted by atomic mass is 35.5. The van der Waals surface area contributed by atoms with Crippen molar-refractivity contribution in [1.29, 1.82) is 0 Å². The molecule has 1 atom stereocenters. The smallest absolute Gasteiger partial charge is 0.171 e. The van der Waals surface area contributed by atoms with Crippen molar-refractivity contribution in [3.05, 3.63) is 17.4 Å². The van der Waals surface area contributed by atoms with E-state index in [4.69, 9.17) is 16.3 Å². The van der Waals surface area contributed by atoms with Crippen LogP contribution in [0.3, 0.4) is 0 Å². The first-order chi connectivity index (χ1) is 8.24. The van der Waals surface area contributed by atoms with Crippen molar-refractivity contribution in [3.63, 3.8) is 0 Å². The van der Waals surface area contributed by atoms with Gasteiger partial charge in [0.25, 0.3) is 0 Å². The molecule has 2 heterocycles. The molecule has 0 spiro atoms. The van der Waals surface area contributed by atoms with Gasteiger partial charge >= 0.3 is 0 Å². The summed E-state index contributed by atoms with van der Waals surface area (Å²) in [6.07, 6.45) is 4.23. The predicted octanol–water partition coefficient (Wildman–Crippen LogP) is 1.93. The zero-order valence-electron chi connectivity index (χ0n) is 10.2. The van der Waals surface area contributed by atoms with Gasteiger partial charge in [-0.3, -0.25) is 0 Å². The first-order valence-corrected chi connectivity index (χ1v) is 6.24. The lowest BCUT2D eigenvalue weighted by molar-refractivity contribution is 0.412. The van der Waals surface area contributed by atoms with Crippen LogP contribution in [0.1, 0.15) is 12.8 Å². The third-order valence-corrected chi connectivity index (χ3v) is 3.49. The second kappa shape index (κ2) is 5.56. The Bertz CT molecular complexity index is 386. The molecule has 1 N–H and O–H groups in total. The summed E-state index contributed by atoms with van der Waals surface area (Å²) >= 11 is 5.92. The molecule has 0 amide bonds. The highest BCUT2D eigenvalue weighted by Crippen LogP contribution is 2.28. The van der Waals surface area contributed by atoms with Crippen LogP contribution in [0.5, 0.6) is 5.75 Å². The minimum atomic E-state index is 0.415. The van der Waals surface area contributed by atoms with Crippen molar-refractivity contribution >= 4 is 17.3 Å². The number of hydrogen-bond donors (Lipinski definition) is 1. The molecule has 1 saturated heterocycles. The van der Waals surface area contributed by atoms with Crippen molar-refractivity contribution in [2.45, 2.75) is 18.9 Å². The number of aromatic nitrogens is 1. The van der Waals surface area contributed by atoms with E-state index in [2.05, 4.69) is 15.2 Å². The Balaban J connectivity index is 2.16. The van der Waals surface area contributed by atoms with E-state index >= 15 is 0 Å². The molecule has 5 heteroatoms. The van der Waals surface area contributed by atoms with E-state index < -0.39 is 0 Å². The average molecular weight is 256 g/mol. The lowest BCUT2D eigenvalue weighted by Gasteiger charge is -2.34. The SMILES string of the molecule is CN[C@@H]1CCCN(c2cnc(Cl)c(OC)c2)C1. The minimum Gasteiger partial charge on any atom is -0.493 e. The molecule has 17 heavy (non-hydrogen) atoms. The fourth-order valence-corrected chi connectivity index (χ4v) is 2.36. The first kappa shape index (κ1) is 12.5. The molecule has 1 aromatic heterocycles. The zero-order valence-corrected chi connectivity index (χ0v) is 11.0. The topological polar surface area (TPSA) is 37.4 Å². The van der Waals surface area contributed by atoms with Crippen molar-refractivity contribution in [3.8, 4) is 5.75 Å². The highest BCUT2D eigenvalue weighted by Gasteiger charge is 2.19. The van der Waals surface area contributed by atoms with Crippen LogP contribution in [0, 0.1) is 0 Å². The number of pyridine rings is 1. The summed E-state index contributed by atoms with van der Waals surface area (Å²) in [5.74, 6) is 0.635. The Labute approximate surface area is 107 Å². The summed E-state index contributed by atoms with van der Waals surface area (Å²) in [5.41, 5.74) is 1.08. The number of halogens is 1. The van der Waals surface area contributed by atoms with Gasteiger partial charge in [-0.15, -0.1) is 0 Å². The van der Waals surface area contributed by atoms with Crippen LogP contribution in [0.15, 0.2) is 12.3 Å². The maximum absolute atomic E-state index is 5.92. The van der Waals surface area contributed by atoms with Crippen molar-refractivity contribution in [1.82, 2.24) is 10.3 Å². The molecule has 1 fully saturated rings. The van der Waals surface area contributed by atoms with E-state index in [0.29, 0.717) is 16.9 Å². The van der Waals surface area contributed by atoms with Gasteiger partial charge < -0.3 is 15.0 Å². The van der Waals surface area contributed by atoms with Gasteiger partial charge in [0.15, 0.2) is 10.9 Å². The van der Waals surface area contributed by atoms with E-state index in [1.54, 1.807) is 7.11 Å². The van der Waals surface area contributed by atoms with Gasteiger partial charge in [-0.2, -0.15) is 0 Å². The molecular formula is C12H18ClN3O. The Morgan fingerprint density at radius 1 is 1.59 bits per heavy atom. The molecule has 0 saturated carbocycles. The van der Waals surface area contributed by atoms with Gasteiger partial charge in [0.05, 0.1) is 19.0 Å². The monoisotopic (exact) mass is 255 g/mol. The van der Waals surface area contributed by atoms with E-state index in [0.717, 1.165) is 18.8 Å². The van der Waals surface area contributed by atoms with Crippen LogP contribution >= 0.6 is 11.6 Å². The molecule has 1 aliphatic rings. The number of piperidine rings is 1. The zero-order chi connectivity index (χ0) is 12.3. The molecule has 0 bridgehead atoms. The standard InChI is InChI=1S/C12H18ClN3O/c1-14-9-4-3-5-16(8-9)10-6-11(17-2)12(13)15-7-10/h6-7,9,14H,3-5,8H2,1-2H3/t9-/m1/s1. The average Bonchev–Trinajstić information content (AvgIpc) is 2.39. The maximum atomic E-state index is 5.92. The van der Waals surface area contributed by atoms with Crippen LogP contribution in [0.4, 0.5) is 5.69 Å². The molecule has 0 unspecified atom stereocenters. The summed E-state index contributed by atoms with van der Waals surface area (Å²) in [4.78, 5) is 6.47. The van der Waals surface area contributed by atoms with Gasteiger partial charge in [0.1, 0.15) is 0 Å². The summed E-state index contributed by atoms with van der Waals surface area (Å²) in [5, 5.41) is 3.74. The van der Waals surface area contributed by atoms with Gasteiger partial charge in [-0.05, 0) is 19.9 Å². The van der Waals surface area contributed by atoms with Crippen LogP contribution in [-0.4, -0.2) is 38.3 Å². The second-order valence-electron chi connectivity index (χ2n) is 4.26. The predicted molar refractivity (Wildman–Crippen MR) is 70.1 cm³/mol. The lowest BCUT2D eigenvalue weighted by Crippen LogP contribution is -2.44. The van der Waals surface area contributed by atoms with E-state index in [1.807, 2.05) is 19.3 Å². The van der Waals surface area contributed by atoms with Gasteiger partial charge in [0, 0.05) is 25.2 Å². The Kier molecular flexibility index (Phi) is 4.07. The molecule has 2 rings (SSSR count). The molecule has 4 nitrogen and oxygen atoms in total. The number of hydrogen-bond acceptors (Lipinski definition) is 4. The Morgan fingerprint density at radius 2 is 2.41 bits per heavy atom. The van der Waals surface area contributed by atoms with Crippen LogP contribution < -0.4 is 15.0 Å². The van der Waals surface area contributed by atoms with Crippen LogP contribution in [-0.2, 0) is 0 Å². The summed E-state index contributed by atoms with van der Waals surface area (Å²) in [7, 11) is 3.62. The molecule has 0 radical (unpaired) electrons. The quantitative estimate of drug-likeness (QED) is 0.838. The van der Waals surface area contributed by atoms with E-state index in [1.165, 1.54) is 12.8 Å². The third-order valence-electron chi connectivity index (χ3n) is 3.21. The summed E-state index contributed by atoms with van der Waals surface area (Å²) in [6, 6.07) is 2.50. The van der Waals surface area contributed by atoms with E-state index in [9.17, 15) is 0 Å². The number of nitrogens with one attached hydrogen (secondary N) is 1. The van der Waals surface area contributed by atoms with Gasteiger partial charge in [0.2, 0.25) is 0 Å². The fraction of sp³-hybridized carbons (Fsp3) is 0.583. The Hall–Kier alpha value is -1.00. The number of likely N-dealkylation sites (N-methyl/N-ethyl adjacent to an activating group) is 1. The number of rotatable bonds is 3. The molecule has 1 aromatic rings. The van der Waals surface area contributed by atoms with Crippen molar-refractivity contribution < 1.29 is 4.74 Å².